The van der Waals surface area contributed by atoms with Crippen LogP contribution in [0.5, 0.6) is 0 Å². The highest BCUT2D eigenvalue weighted by Crippen LogP contribution is 2.52. The van der Waals surface area contributed by atoms with Gasteiger partial charge < -0.3 is 15.0 Å². The molecule has 1 aliphatic carbocycles. The lowest BCUT2D eigenvalue weighted by atomic mass is 9.87. The van der Waals surface area contributed by atoms with Gasteiger partial charge in [0.05, 0.1) is 24.8 Å². The van der Waals surface area contributed by atoms with Crippen LogP contribution >= 0.6 is 0 Å². The van der Waals surface area contributed by atoms with Gasteiger partial charge in [-0.25, -0.2) is 0 Å². The van der Waals surface area contributed by atoms with Crippen LogP contribution in [-0.4, -0.2) is 79.0 Å². The summed E-state index contributed by atoms with van der Waals surface area (Å²) < 4.78 is 6.20. The number of likely N-dealkylation sites (N-methyl/N-ethyl adjacent to an activating group) is 1. The van der Waals surface area contributed by atoms with E-state index in [0.29, 0.717) is 18.5 Å². The van der Waals surface area contributed by atoms with E-state index in [1.165, 1.54) is 24.9 Å². The Balaban J connectivity index is 1.10. The molecule has 1 saturated carbocycles. The SMILES string of the molecule is CN1Cc2cc(NC3NCC4C(=O)N5C/C=C/CCCCOC6CCCC(N6)N5C4N3)ccc2C2(CC2)C1. The molecule has 0 aromatic heterocycles. The summed E-state index contributed by atoms with van der Waals surface area (Å²) in [5, 5.41) is 19.0. The number of piperidine rings is 1. The maximum absolute atomic E-state index is 13.6. The minimum absolute atomic E-state index is 0.0532. The van der Waals surface area contributed by atoms with E-state index in [0.717, 1.165) is 57.4 Å². The Morgan fingerprint density at radius 2 is 2.03 bits per heavy atom. The number of fused-ring (bicyclic) bond motifs is 8. The summed E-state index contributed by atoms with van der Waals surface area (Å²) in [6, 6.07) is 6.92. The van der Waals surface area contributed by atoms with E-state index in [-0.39, 0.29) is 36.7 Å². The van der Waals surface area contributed by atoms with E-state index in [1.54, 1.807) is 5.56 Å². The maximum atomic E-state index is 13.6. The summed E-state index contributed by atoms with van der Waals surface area (Å²) in [6.07, 6.45) is 13.3. The van der Waals surface area contributed by atoms with Crippen LogP contribution in [0.3, 0.4) is 0 Å². The summed E-state index contributed by atoms with van der Waals surface area (Å²) >= 11 is 0. The van der Waals surface area contributed by atoms with Gasteiger partial charge in [0.2, 0.25) is 5.91 Å². The molecule has 0 radical (unpaired) electrons. The van der Waals surface area contributed by atoms with E-state index in [2.05, 4.69) is 68.6 Å². The van der Waals surface area contributed by atoms with Crippen molar-refractivity contribution in [3.8, 4) is 0 Å². The normalized spacial score (nSPS) is 36.3. The Morgan fingerprint density at radius 1 is 1.11 bits per heavy atom. The first kappa shape index (κ1) is 25.0. The van der Waals surface area contributed by atoms with E-state index < -0.39 is 0 Å². The molecule has 1 aromatic carbocycles. The third kappa shape index (κ3) is 4.67. The minimum atomic E-state index is -0.121. The largest absolute Gasteiger partial charge is 0.363 e. The van der Waals surface area contributed by atoms with Gasteiger partial charge in [0.15, 0.2) is 0 Å². The first-order chi connectivity index (χ1) is 18.6. The van der Waals surface area contributed by atoms with Crippen molar-refractivity contribution in [1.82, 2.24) is 30.9 Å². The Labute approximate surface area is 226 Å². The zero-order valence-electron chi connectivity index (χ0n) is 22.6. The number of anilines is 1. The van der Waals surface area contributed by atoms with Gasteiger partial charge in [-0.2, -0.15) is 5.01 Å². The average Bonchev–Trinajstić information content (AvgIpc) is 3.61. The molecule has 206 valence electrons. The molecule has 9 nitrogen and oxygen atoms in total. The van der Waals surface area contributed by atoms with Crippen molar-refractivity contribution in [2.45, 2.75) is 88.2 Å². The zero-order valence-corrected chi connectivity index (χ0v) is 22.6. The Bertz CT molecular complexity index is 1080. The predicted molar refractivity (Wildman–Crippen MR) is 147 cm³/mol. The van der Waals surface area contributed by atoms with Crippen LogP contribution < -0.4 is 21.3 Å². The summed E-state index contributed by atoms with van der Waals surface area (Å²) in [4.78, 5) is 16.1. The third-order valence-corrected chi connectivity index (χ3v) is 9.42. The second kappa shape index (κ2) is 10.2. The third-order valence-electron chi connectivity index (χ3n) is 9.42. The molecule has 1 spiro atoms. The van der Waals surface area contributed by atoms with E-state index in [4.69, 9.17) is 4.74 Å². The quantitative estimate of drug-likeness (QED) is 0.441. The van der Waals surface area contributed by atoms with Crippen LogP contribution in [0.1, 0.15) is 62.5 Å². The number of rotatable bonds is 2. The lowest BCUT2D eigenvalue weighted by molar-refractivity contribution is -0.148. The summed E-state index contributed by atoms with van der Waals surface area (Å²) in [5.41, 5.74) is 4.51. The van der Waals surface area contributed by atoms with Crippen molar-refractivity contribution < 1.29 is 9.53 Å². The summed E-state index contributed by atoms with van der Waals surface area (Å²) in [6.45, 7) is 4.24. The topological polar surface area (TPSA) is 84.1 Å². The van der Waals surface area contributed by atoms with Crippen LogP contribution in [0.15, 0.2) is 30.4 Å². The van der Waals surface area contributed by atoms with Crippen LogP contribution in [-0.2, 0) is 21.5 Å². The van der Waals surface area contributed by atoms with Gasteiger partial charge in [0.25, 0.3) is 0 Å². The van der Waals surface area contributed by atoms with E-state index in [1.807, 2.05) is 5.01 Å². The number of benzene rings is 1. The first-order valence-electron chi connectivity index (χ1n) is 14.8. The molecule has 1 aromatic rings. The van der Waals surface area contributed by atoms with Crippen molar-refractivity contribution in [2.24, 2.45) is 5.92 Å². The number of nitrogens with one attached hydrogen (secondary N) is 4. The molecule has 9 heteroatoms. The lowest BCUT2D eigenvalue weighted by Gasteiger charge is -2.44. The molecule has 6 aliphatic rings. The Morgan fingerprint density at radius 3 is 2.92 bits per heavy atom. The summed E-state index contributed by atoms with van der Waals surface area (Å²) in [7, 11) is 2.24. The van der Waals surface area contributed by atoms with Crippen molar-refractivity contribution >= 4 is 11.6 Å². The van der Waals surface area contributed by atoms with E-state index >= 15 is 0 Å². The van der Waals surface area contributed by atoms with Crippen molar-refractivity contribution in [3.63, 3.8) is 0 Å². The molecule has 7 rings (SSSR count). The number of hydrazine groups is 1. The van der Waals surface area contributed by atoms with Gasteiger partial charge in [-0.15, -0.1) is 0 Å². The van der Waals surface area contributed by atoms with Crippen LogP contribution in [0.4, 0.5) is 5.69 Å². The predicted octanol–water partition coefficient (Wildman–Crippen LogP) is 2.24. The fraction of sp³-hybridized carbons (Fsp3) is 0.690. The molecule has 38 heavy (non-hydrogen) atoms. The van der Waals surface area contributed by atoms with Crippen LogP contribution in [0, 0.1) is 5.92 Å². The number of hydrogen-bond acceptors (Lipinski definition) is 8. The van der Waals surface area contributed by atoms with E-state index in [9.17, 15) is 4.79 Å². The molecule has 5 atom stereocenters. The monoisotopic (exact) mass is 521 g/mol. The van der Waals surface area contributed by atoms with Gasteiger partial charge in [-0.3, -0.25) is 25.8 Å². The van der Waals surface area contributed by atoms with Gasteiger partial charge in [-0.05, 0) is 81.7 Å². The van der Waals surface area contributed by atoms with Gasteiger partial charge in [-0.1, -0.05) is 18.2 Å². The molecule has 5 heterocycles. The number of carbonyl (C=O) groups excluding carboxylic acids is 1. The average molecular weight is 522 g/mol. The fourth-order valence-corrected chi connectivity index (χ4v) is 7.41. The molecular weight excluding hydrogens is 478 g/mol. The van der Waals surface area contributed by atoms with Crippen molar-refractivity contribution in [2.75, 3.05) is 38.6 Å². The highest BCUT2D eigenvalue weighted by molar-refractivity contribution is 5.82. The summed E-state index contributed by atoms with van der Waals surface area (Å²) in [5.74, 6) is 0.0775. The molecular formula is C29H43N7O2. The van der Waals surface area contributed by atoms with Crippen LogP contribution in [0.25, 0.3) is 0 Å². The van der Waals surface area contributed by atoms with Gasteiger partial charge in [0, 0.05) is 37.3 Å². The molecule has 5 unspecified atom stereocenters. The number of amides is 1. The van der Waals surface area contributed by atoms with Crippen molar-refractivity contribution in [3.05, 3.63) is 41.5 Å². The molecule has 5 aliphatic heterocycles. The second-order valence-corrected chi connectivity index (χ2v) is 12.3. The second-order valence-electron chi connectivity index (χ2n) is 12.3. The molecule has 1 amide bonds. The minimum Gasteiger partial charge on any atom is -0.363 e. The number of nitrogens with zero attached hydrogens (tertiary/aromatic N) is 3. The highest BCUT2D eigenvalue weighted by Gasteiger charge is 2.52. The number of allylic oxidation sites excluding steroid dienone is 1. The Kier molecular flexibility index (Phi) is 6.70. The van der Waals surface area contributed by atoms with Crippen LogP contribution in [0.2, 0.25) is 0 Å². The fourth-order valence-electron chi connectivity index (χ4n) is 7.41. The standard InChI is InChI=1S/C29H43N7O2/c1-34-18-20-16-21(10-11-23(20)29(19-34)12-13-29)31-28-30-17-22-26(33-28)36-24-8-7-9-25(32-24)38-15-6-4-2-3-5-14-35(36)27(22)37/h3,5,10-11,16,22,24-26,28,30-33H,2,4,6-9,12-15,17-19H2,1H3/b5-3+. The molecule has 2 bridgehead atoms. The number of hydrogen-bond donors (Lipinski definition) is 4. The Hall–Kier alpha value is -2.01. The smallest absolute Gasteiger partial charge is 0.244 e. The molecule has 4 N–H and O–H groups in total. The van der Waals surface area contributed by atoms with Gasteiger partial charge in [0.1, 0.15) is 12.5 Å². The molecule has 3 saturated heterocycles. The molecule has 4 fully saturated rings. The number of ether oxygens (including phenoxy) is 1. The maximum Gasteiger partial charge on any atom is 0.244 e. The highest BCUT2D eigenvalue weighted by atomic mass is 16.5. The first-order valence-corrected chi connectivity index (χ1v) is 14.8. The zero-order chi connectivity index (χ0) is 25.7. The van der Waals surface area contributed by atoms with Crippen molar-refractivity contribution in [1.29, 1.82) is 0 Å². The lowest BCUT2D eigenvalue weighted by Crippen LogP contribution is -2.68. The number of carbonyl (C=O) groups is 1. The van der Waals surface area contributed by atoms with Gasteiger partial charge >= 0.3 is 0 Å².